The number of halogens is 2. The molecule has 2 aromatic heterocycles. The number of amides is 1. The van der Waals surface area contributed by atoms with Gasteiger partial charge in [-0.15, -0.1) is 24.8 Å². The highest BCUT2D eigenvalue weighted by molar-refractivity contribution is 5.86. The molecule has 12 nitrogen and oxygen atoms in total. The number of hydrogen-bond acceptors (Lipinski definition) is 11. The third-order valence-electron chi connectivity index (χ3n) is 4.29. The van der Waals surface area contributed by atoms with Crippen molar-refractivity contribution >= 4 is 64.2 Å². The molecule has 0 aliphatic rings. The molecule has 0 bridgehead atoms. The predicted molar refractivity (Wildman–Crippen MR) is 146 cm³/mol. The van der Waals surface area contributed by atoms with E-state index in [1.54, 1.807) is 57.2 Å². The summed E-state index contributed by atoms with van der Waals surface area (Å²) in [5.41, 5.74) is 18.6. The molecule has 2 aromatic carbocycles. The highest BCUT2D eigenvalue weighted by Gasteiger charge is 2.16. The summed E-state index contributed by atoms with van der Waals surface area (Å²) in [6.07, 6.45) is -0.486. The van der Waals surface area contributed by atoms with Gasteiger partial charge in [0, 0.05) is 17.9 Å². The van der Waals surface area contributed by atoms with Crippen molar-refractivity contribution in [3.8, 4) is 11.8 Å². The largest absolute Gasteiger partial charge is 0.474 e. The van der Waals surface area contributed by atoms with Crippen molar-refractivity contribution in [3.05, 3.63) is 36.4 Å². The van der Waals surface area contributed by atoms with Gasteiger partial charge in [-0.3, -0.25) is 0 Å². The molecule has 0 aliphatic carbocycles. The molecule has 2 heterocycles. The van der Waals surface area contributed by atoms with Crippen molar-refractivity contribution in [2.45, 2.75) is 26.4 Å². The van der Waals surface area contributed by atoms with E-state index in [1.807, 2.05) is 0 Å². The Labute approximate surface area is 225 Å². The first-order chi connectivity index (χ1) is 16.7. The second kappa shape index (κ2) is 14.2. The van der Waals surface area contributed by atoms with Gasteiger partial charge >= 0.3 is 6.09 Å². The van der Waals surface area contributed by atoms with Gasteiger partial charge in [-0.2, -0.15) is 0 Å². The number of carbonyl (C=O) groups is 1. The SMILES string of the molecule is CC(C)(C)OC(=O)NCCOc1noc2ccc(N)cc12.Cl.Cl.NCCOc1noc2ccc(N)cc12. The lowest BCUT2D eigenvalue weighted by Gasteiger charge is -2.19. The Morgan fingerprint density at radius 1 is 0.892 bits per heavy atom. The van der Waals surface area contributed by atoms with Gasteiger partial charge in [-0.25, -0.2) is 4.79 Å². The van der Waals surface area contributed by atoms with E-state index >= 15 is 0 Å². The molecule has 4 rings (SSSR count). The number of nitrogens with zero attached hydrogens (tertiary/aromatic N) is 2. The molecular weight excluding hydrogens is 527 g/mol. The van der Waals surface area contributed by atoms with Gasteiger partial charge in [0.2, 0.25) is 0 Å². The first-order valence-electron chi connectivity index (χ1n) is 10.9. The average Bonchev–Trinajstić information content (AvgIpc) is 3.38. The maximum absolute atomic E-state index is 11.4. The number of benzene rings is 2. The number of carbonyl (C=O) groups excluding carboxylic acids is 1. The van der Waals surface area contributed by atoms with Gasteiger partial charge in [0.1, 0.15) is 18.8 Å². The Balaban J connectivity index is 0.000000375. The molecule has 1 amide bonds. The van der Waals surface area contributed by atoms with Crippen molar-refractivity contribution in [2.75, 3.05) is 37.8 Å². The van der Waals surface area contributed by atoms with E-state index in [4.69, 9.17) is 40.5 Å². The minimum atomic E-state index is -0.523. The molecule has 0 radical (unpaired) electrons. The van der Waals surface area contributed by atoms with Gasteiger partial charge in [-0.05, 0) is 67.5 Å². The fourth-order valence-corrected chi connectivity index (χ4v) is 2.85. The third kappa shape index (κ3) is 9.41. The summed E-state index contributed by atoms with van der Waals surface area (Å²) in [6, 6.07) is 10.4. The third-order valence-corrected chi connectivity index (χ3v) is 4.29. The summed E-state index contributed by atoms with van der Waals surface area (Å²) in [7, 11) is 0. The zero-order chi connectivity index (χ0) is 25.4. The van der Waals surface area contributed by atoms with Crippen LogP contribution in [0.5, 0.6) is 11.8 Å². The number of rotatable bonds is 7. The molecule has 14 heteroatoms. The van der Waals surface area contributed by atoms with Crippen LogP contribution in [0.15, 0.2) is 45.4 Å². The van der Waals surface area contributed by atoms with Gasteiger partial charge in [0.05, 0.1) is 17.3 Å². The maximum Gasteiger partial charge on any atom is 0.407 e. The number of anilines is 2. The molecule has 37 heavy (non-hydrogen) atoms. The number of fused-ring (bicyclic) bond motifs is 2. The molecule has 4 aromatic rings. The second-order valence-corrected chi connectivity index (χ2v) is 8.40. The van der Waals surface area contributed by atoms with Gasteiger partial charge in [0.15, 0.2) is 11.2 Å². The quantitative estimate of drug-likeness (QED) is 0.190. The number of nitrogen functional groups attached to an aromatic ring is 2. The number of nitrogens with one attached hydrogen (secondary N) is 1. The zero-order valence-electron chi connectivity index (χ0n) is 20.7. The Hall–Kier alpha value is -3.61. The predicted octanol–water partition coefficient (Wildman–Crippen LogP) is 3.90. The lowest BCUT2D eigenvalue weighted by molar-refractivity contribution is 0.0519. The van der Waals surface area contributed by atoms with E-state index in [1.165, 1.54) is 0 Å². The number of nitrogens with two attached hydrogens (primary N) is 3. The molecule has 0 spiro atoms. The van der Waals surface area contributed by atoms with E-state index in [0.29, 0.717) is 59.4 Å². The van der Waals surface area contributed by atoms with Crippen LogP contribution < -0.4 is 32.0 Å². The van der Waals surface area contributed by atoms with Crippen LogP contribution in [0.1, 0.15) is 20.8 Å². The summed E-state index contributed by atoms with van der Waals surface area (Å²) in [5, 5.41) is 11.7. The highest BCUT2D eigenvalue weighted by atomic mass is 35.5. The molecular formula is C23H32Cl2N6O6. The average molecular weight is 559 g/mol. The summed E-state index contributed by atoms with van der Waals surface area (Å²) < 4.78 is 26.0. The molecule has 0 fully saturated rings. The summed E-state index contributed by atoms with van der Waals surface area (Å²) in [4.78, 5) is 11.4. The van der Waals surface area contributed by atoms with Crippen molar-refractivity contribution in [3.63, 3.8) is 0 Å². The van der Waals surface area contributed by atoms with E-state index in [-0.39, 0.29) is 31.4 Å². The number of alkyl carbamates (subject to hydrolysis) is 1. The minimum Gasteiger partial charge on any atom is -0.474 e. The van der Waals surface area contributed by atoms with Crippen LogP contribution in [0.4, 0.5) is 16.2 Å². The first kappa shape index (κ1) is 31.4. The van der Waals surface area contributed by atoms with Crippen LogP contribution in [-0.2, 0) is 4.74 Å². The second-order valence-electron chi connectivity index (χ2n) is 8.40. The normalized spacial score (nSPS) is 10.5. The smallest absolute Gasteiger partial charge is 0.407 e. The Morgan fingerprint density at radius 3 is 1.84 bits per heavy atom. The minimum absolute atomic E-state index is 0. The van der Waals surface area contributed by atoms with Gasteiger partial charge in [0.25, 0.3) is 11.8 Å². The van der Waals surface area contributed by atoms with E-state index in [9.17, 15) is 4.79 Å². The molecule has 0 aliphatic heterocycles. The standard InChI is InChI=1S/C14H19N3O4.C9H11N3O2.2ClH/c1-14(2,3)20-13(18)16-6-7-19-12-10-8-9(15)4-5-11(10)21-17-12;10-3-4-13-9-7-5-6(11)1-2-8(7)14-12-9;;/h4-5,8H,6-7,15H2,1-3H3,(H,16,18);1-2,5H,3-4,10-11H2;2*1H. The summed E-state index contributed by atoms with van der Waals surface area (Å²) in [6.45, 7) is 6.80. The van der Waals surface area contributed by atoms with Crippen molar-refractivity contribution in [1.82, 2.24) is 15.6 Å². The Kier molecular flexibility index (Phi) is 12.1. The van der Waals surface area contributed by atoms with Gasteiger partial charge < -0.3 is 45.8 Å². The molecule has 0 saturated carbocycles. The van der Waals surface area contributed by atoms with Crippen LogP contribution in [0, 0.1) is 0 Å². The fraction of sp³-hybridized carbons (Fsp3) is 0.348. The fourth-order valence-electron chi connectivity index (χ4n) is 2.85. The number of aromatic nitrogens is 2. The zero-order valence-corrected chi connectivity index (χ0v) is 22.3. The molecule has 7 N–H and O–H groups in total. The Morgan fingerprint density at radius 2 is 1.38 bits per heavy atom. The molecule has 0 atom stereocenters. The molecule has 0 unspecified atom stereocenters. The highest BCUT2D eigenvalue weighted by Crippen LogP contribution is 2.27. The van der Waals surface area contributed by atoms with Crippen LogP contribution in [0.2, 0.25) is 0 Å². The van der Waals surface area contributed by atoms with E-state index < -0.39 is 11.7 Å². The van der Waals surface area contributed by atoms with Crippen molar-refractivity contribution in [2.24, 2.45) is 5.73 Å². The lowest BCUT2D eigenvalue weighted by atomic mass is 10.2. The number of ether oxygens (including phenoxy) is 3. The maximum atomic E-state index is 11.4. The topological polar surface area (TPSA) is 187 Å². The monoisotopic (exact) mass is 558 g/mol. The van der Waals surface area contributed by atoms with E-state index in [2.05, 4.69) is 15.6 Å². The number of hydrogen-bond donors (Lipinski definition) is 4. The van der Waals surface area contributed by atoms with Crippen LogP contribution in [0.25, 0.3) is 21.9 Å². The lowest BCUT2D eigenvalue weighted by Crippen LogP contribution is -2.34. The van der Waals surface area contributed by atoms with E-state index in [0.717, 1.165) is 5.39 Å². The summed E-state index contributed by atoms with van der Waals surface area (Å²) >= 11 is 0. The van der Waals surface area contributed by atoms with Crippen LogP contribution in [-0.4, -0.2) is 48.3 Å². The first-order valence-corrected chi connectivity index (χ1v) is 10.9. The molecule has 204 valence electrons. The van der Waals surface area contributed by atoms with Crippen LogP contribution in [0.3, 0.4) is 0 Å². The van der Waals surface area contributed by atoms with Crippen molar-refractivity contribution < 1.29 is 28.1 Å². The van der Waals surface area contributed by atoms with Crippen LogP contribution >= 0.6 is 24.8 Å². The molecule has 0 saturated heterocycles. The van der Waals surface area contributed by atoms with Crippen molar-refractivity contribution in [1.29, 1.82) is 0 Å². The Bertz CT molecular complexity index is 1270. The summed E-state index contributed by atoms with van der Waals surface area (Å²) in [5.74, 6) is 0.793. The van der Waals surface area contributed by atoms with Gasteiger partial charge in [-0.1, -0.05) is 0 Å².